The Morgan fingerprint density at radius 3 is 2.40 bits per heavy atom. The number of aryl methyl sites for hydroxylation is 1. The maximum atomic E-state index is 12.6. The van der Waals surface area contributed by atoms with E-state index in [2.05, 4.69) is 0 Å². The summed E-state index contributed by atoms with van der Waals surface area (Å²) in [6.07, 6.45) is 2.34. The van der Waals surface area contributed by atoms with Gasteiger partial charge in [-0.3, -0.25) is 4.79 Å². The van der Waals surface area contributed by atoms with Crippen molar-refractivity contribution < 1.29 is 83.3 Å². The van der Waals surface area contributed by atoms with Gasteiger partial charge in [-0.05, 0) is 18.6 Å². The first kappa shape index (κ1) is 22.4. The zero-order valence-corrected chi connectivity index (χ0v) is 18.8. The summed E-state index contributed by atoms with van der Waals surface area (Å²) >= 11 is 0.961. The molecule has 9 heteroatoms. The number of hydrogen-bond donors (Lipinski definition) is 0. The van der Waals surface area contributed by atoms with Crippen LogP contribution in [0.1, 0.15) is 38.9 Å². The van der Waals surface area contributed by atoms with Crippen LogP contribution in [0, 0.1) is 0 Å². The predicted octanol–water partition coefficient (Wildman–Crippen LogP) is -5.35. The van der Waals surface area contributed by atoms with Crippen LogP contribution >= 0.6 is 11.3 Å². The van der Waals surface area contributed by atoms with Crippen LogP contribution in [0.3, 0.4) is 0 Å². The Morgan fingerprint density at radius 2 is 1.84 bits per heavy atom. The molecule has 0 atom stereocenters. The molecule has 0 radical (unpaired) electrons. The molecule has 0 unspecified atom stereocenters. The van der Waals surface area contributed by atoms with E-state index >= 15 is 0 Å². The Kier molecular flexibility index (Phi) is 7.89. The summed E-state index contributed by atoms with van der Waals surface area (Å²) in [5.74, 6) is -2.53. The zero-order valence-electron chi connectivity index (χ0n) is 14.0. The third-order valence-corrected chi connectivity index (χ3v) is 4.73. The number of fused-ring (bicyclic) bond motifs is 2. The molecule has 1 aliphatic carbocycles. The molecule has 0 amide bonds. The number of aromatic carboxylic acids is 2. The van der Waals surface area contributed by atoms with Crippen molar-refractivity contribution >= 4 is 33.4 Å². The van der Waals surface area contributed by atoms with Gasteiger partial charge in [0.05, 0.1) is 22.4 Å². The van der Waals surface area contributed by atoms with Gasteiger partial charge in [-0.25, -0.2) is 0 Å². The fraction of sp³-hybridized carbons (Fsp3) is 0.188. The number of rotatable bonds is 4. The molecule has 0 N–H and O–H groups in total. The number of benzene rings is 1. The molecule has 1 aliphatic heterocycles. The number of thiophene rings is 1. The molecular weight excluding hydrogens is 366 g/mol. The Morgan fingerprint density at radius 1 is 1.16 bits per heavy atom. The van der Waals surface area contributed by atoms with E-state index in [1.807, 2.05) is 6.92 Å². The van der Waals surface area contributed by atoms with Crippen molar-refractivity contribution in [3.05, 3.63) is 44.6 Å². The number of carboxylic acids is 2. The van der Waals surface area contributed by atoms with Crippen LogP contribution in [0.2, 0.25) is 0 Å². The van der Waals surface area contributed by atoms with E-state index in [1.54, 1.807) is 0 Å². The Balaban J connectivity index is 0.00000156. The number of carboxylic acid groups (broad SMARTS) is 2. The van der Waals surface area contributed by atoms with E-state index < -0.39 is 17.4 Å². The number of carbonyl (C=O) groups excluding carboxylic acids is 2. The minimum Gasteiger partial charge on any atom is -0.545 e. The minimum atomic E-state index is -1.45. The molecule has 118 valence electrons. The van der Waals surface area contributed by atoms with Crippen molar-refractivity contribution in [2.24, 2.45) is 0 Å². The Labute approximate surface area is 190 Å². The summed E-state index contributed by atoms with van der Waals surface area (Å²) in [7, 11) is 0. The van der Waals surface area contributed by atoms with Crippen molar-refractivity contribution in [2.45, 2.75) is 19.8 Å². The molecule has 0 aromatic carbocycles. The second-order valence-electron chi connectivity index (χ2n) is 5.06. The van der Waals surface area contributed by atoms with Gasteiger partial charge in [0.15, 0.2) is 5.43 Å². The first-order chi connectivity index (χ1) is 10.9. The predicted molar refractivity (Wildman–Crippen MR) is 79.6 cm³/mol. The molecule has 2 heterocycles. The fourth-order valence-corrected chi connectivity index (χ4v) is 3.62. The molecule has 0 fully saturated rings. The van der Waals surface area contributed by atoms with E-state index in [4.69, 9.17) is 4.42 Å². The second-order valence-corrected chi connectivity index (χ2v) is 6.12. The van der Waals surface area contributed by atoms with E-state index in [1.165, 1.54) is 12.1 Å². The van der Waals surface area contributed by atoms with Crippen LogP contribution in [0.25, 0.3) is 21.4 Å². The molecule has 3 rings (SSSR count). The van der Waals surface area contributed by atoms with Crippen molar-refractivity contribution in [1.29, 1.82) is 0 Å². The molecule has 1 aromatic rings. The van der Waals surface area contributed by atoms with Gasteiger partial charge in [0.2, 0.25) is 0 Å². The summed E-state index contributed by atoms with van der Waals surface area (Å²) < 4.78 is 5.90. The van der Waals surface area contributed by atoms with Gasteiger partial charge in [0.25, 0.3) is 0 Å². The third-order valence-electron chi connectivity index (χ3n) is 3.55. The summed E-state index contributed by atoms with van der Waals surface area (Å²) in [5, 5.41) is 22.3. The van der Waals surface area contributed by atoms with Crippen LogP contribution in [0.4, 0.5) is 0 Å². The van der Waals surface area contributed by atoms with Crippen LogP contribution in [0.5, 0.6) is 0 Å². The molecule has 25 heavy (non-hydrogen) atoms. The van der Waals surface area contributed by atoms with Crippen LogP contribution in [-0.4, -0.2) is 11.9 Å². The fourth-order valence-electron chi connectivity index (χ4n) is 2.56. The largest absolute Gasteiger partial charge is 1.00 e. The Bertz CT molecular complexity index is 975. The van der Waals surface area contributed by atoms with Crippen molar-refractivity contribution in [3.8, 4) is 11.3 Å². The van der Waals surface area contributed by atoms with Gasteiger partial charge < -0.3 is 24.2 Å². The van der Waals surface area contributed by atoms with E-state index in [9.17, 15) is 24.6 Å². The first-order valence-electron chi connectivity index (χ1n) is 6.87. The van der Waals surface area contributed by atoms with Crippen molar-refractivity contribution in [2.75, 3.05) is 0 Å². The van der Waals surface area contributed by atoms with E-state index in [-0.39, 0.29) is 86.3 Å². The molecule has 0 bridgehead atoms. The molecular formula is C16H10Na2O6S. The minimum absolute atomic E-state index is 0. The summed E-state index contributed by atoms with van der Waals surface area (Å²) in [6.45, 7) is 1.94. The van der Waals surface area contributed by atoms with Gasteiger partial charge in [-0.1, -0.05) is 13.3 Å². The van der Waals surface area contributed by atoms with E-state index in [0.29, 0.717) is 16.7 Å². The van der Waals surface area contributed by atoms with Gasteiger partial charge in [-0.2, -0.15) is 0 Å². The monoisotopic (exact) mass is 376 g/mol. The first-order valence-corrected chi connectivity index (χ1v) is 7.69. The SMILES string of the molecule is CCCc1c2occ(C(=O)[O-])cc-2c(=O)c2cc(C(=O)[O-])sc12.[Na+].[Na+]. The summed E-state index contributed by atoms with van der Waals surface area (Å²) in [6, 6.07) is 2.47. The Hall–Kier alpha value is -0.670. The van der Waals surface area contributed by atoms with Gasteiger partial charge in [0.1, 0.15) is 12.0 Å². The van der Waals surface area contributed by atoms with Crippen molar-refractivity contribution in [1.82, 2.24) is 0 Å². The summed E-state index contributed by atoms with van der Waals surface area (Å²) in [4.78, 5) is 34.6. The quantitative estimate of drug-likeness (QED) is 0.421. The average molecular weight is 376 g/mol. The third kappa shape index (κ3) is 4.03. The standard InChI is InChI=1S/C16H12O6S.2Na/c1-2-3-8-13-9(4-7(6-22-13)15(18)19)12(17)10-5-11(16(20)21)23-14(8)10;;/h4-6H,2-3H2,1H3,(H,18,19)(H,20,21);;/q;2*+1/p-2. The number of carbonyl (C=O) groups is 2. The van der Waals surface area contributed by atoms with Crippen molar-refractivity contribution in [3.63, 3.8) is 0 Å². The van der Waals surface area contributed by atoms with Gasteiger partial charge in [0, 0.05) is 21.2 Å². The number of hydrogen-bond acceptors (Lipinski definition) is 7. The van der Waals surface area contributed by atoms with Gasteiger partial charge in [-0.15, -0.1) is 11.3 Å². The maximum absolute atomic E-state index is 12.6. The van der Waals surface area contributed by atoms with Crippen LogP contribution in [-0.2, 0) is 6.42 Å². The molecule has 0 saturated heterocycles. The van der Waals surface area contributed by atoms with Crippen LogP contribution < -0.4 is 74.8 Å². The molecule has 1 aromatic heterocycles. The molecule has 2 aliphatic rings. The molecule has 0 spiro atoms. The zero-order chi connectivity index (χ0) is 16.7. The summed E-state index contributed by atoms with van der Waals surface area (Å²) in [5.41, 5.74) is 0.0852. The van der Waals surface area contributed by atoms with Crippen LogP contribution in [0.15, 0.2) is 27.6 Å². The van der Waals surface area contributed by atoms with Gasteiger partial charge >= 0.3 is 59.1 Å². The topological polar surface area (TPSA) is 110 Å². The normalized spacial score (nSPS) is 10.3. The van der Waals surface area contributed by atoms with E-state index in [0.717, 1.165) is 24.0 Å². The second kappa shape index (κ2) is 8.81. The molecule has 0 saturated carbocycles. The average Bonchev–Trinajstić information content (AvgIpc) is 2.96. The maximum Gasteiger partial charge on any atom is 1.00 e. The molecule has 6 nitrogen and oxygen atoms in total. The smallest absolute Gasteiger partial charge is 0.545 e.